The Kier molecular flexibility index (Phi) is 4.79. The van der Waals surface area contributed by atoms with Crippen LogP contribution in [0.4, 0.5) is 19.0 Å². The molecule has 2 aromatic heterocycles. The van der Waals surface area contributed by atoms with E-state index in [-0.39, 0.29) is 0 Å². The average molecular weight is 429 g/mol. The lowest BCUT2D eigenvalue weighted by atomic mass is 10.2. The number of hydrogen-bond acceptors (Lipinski definition) is 6. The Morgan fingerprint density at radius 2 is 1.53 bits per heavy atom. The second-order valence-corrected chi connectivity index (χ2v) is 8.34. The van der Waals surface area contributed by atoms with E-state index in [2.05, 4.69) is 25.9 Å². The largest absolute Gasteiger partial charge is 0.451 e. The normalized spacial score (nSPS) is 15.9. The van der Waals surface area contributed by atoms with Crippen LogP contribution in [-0.4, -0.2) is 46.0 Å². The first kappa shape index (κ1) is 19.2. The van der Waals surface area contributed by atoms with Crippen LogP contribution in [0.5, 0.6) is 0 Å². The Morgan fingerprint density at radius 3 is 2.27 bits per heavy atom. The average Bonchev–Trinajstić information content (AvgIpc) is 3.15. The molecule has 1 aliphatic heterocycles. The van der Waals surface area contributed by atoms with Gasteiger partial charge in [0, 0.05) is 31.6 Å². The molecule has 4 aromatic rings. The molecular weight excluding hydrogens is 411 g/mol. The lowest BCUT2D eigenvalue weighted by Gasteiger charge is -2.35. The molecule has 0 saturated carbocycles. The maximum Gasteiger partial charge on any atom is 0.451 e. The minimum absolute atomic E-state index is 0.312. The van der Waals surface area contributed by atoms with Crippen LogP contribution in [0.15, 0.2) is 48.5 Å². The van der Waals surface area contributed by atoms with E-state index in [1.807, 2.05) is 23.1 Å². The number of fused-ring (bicyclic) bond motifs is 2. The highest BCUT2D eigenvalue weighted by molar-refractivity contribution is 7.18. The van der Waals surface area contributed by atoms with Crippen LogP contribution < -0.4 is 4.90 Å². The minimum atomic E-state index is -4.58. The molecule has 1 aliphatic rings. The van der Waals surface area contributed by atoms with E-state index in [0.29, 0.717) is 29.8 Å². The maximum absolute atomic E-state index is 13.3. The Bertz CT molecular complexity index is 1170. The number of aromatic nitrogens is 3. The van der Waals surface area contributed by atoms with Gasteiger partial charge in [-0.25, -0.2) is 15.0 Å². The molecule has 0 bridgehead atoms. The molecule has 0 unspecified atom stereocenters. The van der Waals surface area contributed by atoms with Crippen LogP contribution in [0.3, 0.4) is 0 Å². The van der Waals surface area contributed by atoms with Crippen LogP contribution in [0.2, 0.25) is 0 Å². The summed E-state index contributed by atoms with van der Waals surface area (Å²) in [6.45, 7) is 3.41. The third kappa shape index (κ3) is 3.70. The third-order valence-corrected chi connectivity index (χ3v) is 6.23. The van der Waals surface area contributed by atoms with Gasteiger partial charge >= 0.3 is 6.18 Å². The predicted molar refractivity (Wildman–Crippen MR) is 112 cm³/mol. The fraction of sp³-hybridized carbons (Fsp3) is 0.286. The Balaban J connectivity index is 1.35. The van der Waals surface area contributed by atoms with Gasteiger partial charge in [0.2, 0.25) is 5.82 Å². The van der Waals surface area contributed by atoms with Gasteiger partial charge in [-0.2, -0.15) is 13.2 Å². The van der Waals surface area contributed by atoms with Crippen LogP contribution in [0.1, 0.15) is 10.8 Å². The van der Waals surface area contributed by atoms with Crippen LogP contribution in [0, 0.1) is 0 Å². The summed E-state index contributed by atoms with van der Waals surface area (Å²) in [5.74, 6) is -0.735. The van der Waals surface area contributed by atoms with Crippen LogP contribution in [0.25, 0.3) is 21.1 Å². The number of halogens is 3. The molecular formula is C21H18F3N5S. The Hall–Kier alpha value is -2.78. The zero-order chi connectivity index (χ0) is 20.7. The molecule has 0 spiro atoms. The van der Waals surface area contributed by atoms with E-state index in [0.717, 1.165) is 30.2 Å². The van der Waals surface area contributed by atoms with Crippen LogP contribution >= 0.6 is 11.3 Å². The summed E-state index contributed by atoms with van der Waals surface area (Å²) in [6.07, 6.45) is -4.58. The molecule has 0 amide bonds. The second-order valence-electron chi connectivity index (χ2n) is 7.22. The topological polar surface area (TPSA) is 45.2 Å². The molecule has 1 fully saturated rings. The number of benzene rings is 2. The van der Waals surface area contributed by atoms with Crippen molar-refractivity contribution in [3.63, 3.8) is 0 Å². The summed E-state index contributed by atoms with van der Waals surface area (Å²) in [5.41, 5.74) is 1.31. The first-order valence-corrected chi connectivity index (χ1v) is 10.4. The summed E-state index contributed by atoms with van der Waals surface area (Å²) in [4.78, 5) is 16.5. The Labute approximate surface area is 174 Å². The molecule has 5 nitrogen and oxygen atoms in total. The van der Waals surface area contributed by atoms with E-state index in [4.69, 9.17) is 0 Å². The van der Waals surface area contributed by atoms with Gasteiger partial charge in [0.25, 0.3) is 0 Å². The van der Waals surface area contributed by atoms with Crippen molar-refractivity contribution in [1.29, 1.82) is 0 Å². The fourth-order valence-corrected chi connectivity index (χ4v) is 4.73. The first-order valence-electron chi connectivity index (χ1n) is 9.63. The highest BCUT2D eigenvalue weighted by Gasteiger charge is 2.36. The number of para-hydroxylation sites is 2. The van der Waals surface area contributed by atoms with Gasteiger partial charge < -0.3 is 4.90 Å². The molecule has 154 valence electrons. The second kappa shape index (κ2) is 7.48. The molecule has 30 heavy (non-hydrogen) atoms. The number of piperazine rings is 1. The molecule has 0 atom stereocenters. The maximum atomic E-state index is 13.3. The standard InChI is InChI=1S/C21H18F3N5S/c22-21(23,24)20-26-15-6-2-1-5-14(15)19(27-20)29-11-9-28(10-12-29)13-18-25-16-7-3-4-8-17(16)30-18/h1-8H,9-13H2. The van der Waals surface area contributed by atoms with E-state index in [1.165, 1.54) is 4.70 Å². The van der Waals surface area contributed by atoms with Gasteiger partial charge in [-0.05, 0) is 24.3 Å². The third-order valence-electron chi connectivity index (χ3n) is 5.21. The van der Waals surface area contributed by atoms with E-state index < -0.39 is 12.0 Å². The summed E-state index contributed by atoms with van der Waals surface area (Å²) in [7, 11) is 0. The van der Waals surface area contributed by atoms with Crippen molar-refractivity contribution in [1.82, 2.24) is 19.9 Å². The van der Waals surface area contributed by atoms with E-state index >= 15 is 0 Å². The summed E-state index contributed by atoms with van der Waals surface area (Å²) >= 11 is 1.68. The van der Waals surface area contributed by atoms with Crippen molar-refractivity contribution < 1.29 is 13.2 Å². The van der Waals surface area contributed by atoms with Crippen LogP contribution in [-0.2, 0) is 12.7 Å². The van der Waals surface area contributed by atoms with Gasteiger partial charge in [-0.15, -0.1) is 11.3 Å². The monoisotopic (exact) mass is 429 g/mol. The molecule has 5 rings (SSSR count). The highest BCUT2D eigenvalue weighted by Crippen LogP contribution is 2.32. The highest BCUT2D eigenvalue weighted by atomic mass is 32.1. The van der Waals surface area contributed by atoms with Crippen molar-refractivity contribution >= 4 is 38.3 Å². The van der Waals surface area contributed by atoms with Gasteiger partial charge in [0.15, 0.2) is 0 Å². The summed E-state index contributed by atoms with van der Waals surface area (Å²) in [6, 6.07) is 14.9. The molecule has 1 saturated heterocycles. The van der Waals surface area contributed by atoms with Gasteiger partial charge in [0.05, 0.1) is 22.3 Å². The number of nitrogens with zero attached hydrogens (tertiary/aromatic N) is 5. The fourth-order valence-electron chi connectivity index (χ4n) is 3.72. The molecule has 0 N–H and O–H groups in total. The zero-order valence-electron chi connectivity index (χ0n) is 15.9. The molecule has 2 aromatic carbocycles. The van der Waals surface area contributed by atoms with Crippen molar-refractivity contribution in [3.8, 4) is 0 Å². The smallest absolute Gasteiger partial charge is 0.353 e. The quantitative estimate of drug-likeness (QED) is 0.477. The molecule has 0 radical (unpaired) electrons. The van der Waals surface area contributed by atoms with E-state index in [1.54, 1.807) is 35.6 Å². The molecule has 3 heterocycles. The number of alkyl halides is 3. The van der Waals surface area contributed by atoms with Gasteiger partial charge in [0.1, 0.15) is 10.8 Å². The van der Waals surface area contributed by atoms with Gasteiger partial charge in [-0.3, -0.25) is 4.90 Å². The van der Waals surface area contributed by atoms with E-state index in [9.17, 15) is 13.2 Å². The molecule has 9 heteroatoms. The number of anilines is 1. The minimum Gasteiger partial charge on any atom is -0.353 e. The van der Waals surface area contributed by atoms with Crippen molar-refractivity contribution in [2.24, 2.45) is 0 Å². The zero-order valence-corrected chi connectivity index (χ0v) is 16.7. The number of hydrogen-bond donors (Lipinski definition) is 0. The van der Waals surface area contributed by atoms with Crippen molar-refractivity contribution in [2.45, 2.75) is 12.7 Å². The number of thiazole rings is 1. The van der Waals surface area contributed by atoms with Crippen molar-refractivity contribution in [2.75, 3.05) is 31.1 Å². The predicted octanol–water partition coefficient (Wildman–Crippen LogP) is 4.58. The Morgan fingerprint density at radius 1 is 0.833 bits per heavy atom. The first-order chi connectivity index (χ1) is 14.5. The molecule has 0 aliphatic carbocycles. The number of rotatable bonds is 3. The summed E-state index contributed by atoms with van der Waals surface area (Å²) in [5, 5.41) is 1.70. The summed E-state index contributed by atoms with van der Waals surface area (Å²) < 4.78 is 41.1. The lowest BCUT2D eigenvalue weighted by molar-refractivity contribution is -0.144. The lowest BCUT2D eigenvalue weighted by Crippen LogP contribution is -2.46. The van der Waals surface area contributed by atoms with Gasteiger partial charge in [-0.1, -0.05) is 24.3 Å². The SMILES string of the molecule is FC(F)(F)c1nc(N2CCN(Cc3nc4ccccc4s3)CC2)c2ccccc2n1. The van der Waals surface area contributed by atoms with Crippen molar-refractivity contribution in [3.05, 3.63) is 59.4 Å².